The second-order valence-corrected chi connectivity index (χ2v) is 9.29. The van der Waals surface area contributed by atoms with E-state index in [9.17, 15) is 4.79 Å². The third-order valence-electron chi connectivity index (χ3n) is 6.87. The van der Waals surface area contributed by atoms with Crippen molar-refractivity contribution in [2.24, 2.45) is 0 Å². The summed E-state index contributed by atoms with van der Waals surface area (Å²) >= 11 is 0. The second-order valence-electron chi connectivity index (χ2n) is 9.29. The van der Waals surface area contributed by atoms with Crippen molar-refractivity contribution in [1.82, 2.24) is 9.88 Å². The van der Waals surface area contributed by atoms with Crippen molar-refractivity contribution in [3.63, 3.8) is 0 Å². The van der Waals surface area contributed by atoms with E-state index in [0.29, 0.717) is 5.92 Å². The number of ketones is 1. The fourth-order valence-electron chi connectivity index (χ4n) is 5.20. The molecule has 1 fully saturated rings. The van der Waals surface area contributed by atoms with Crippen molar-refractivity contribution in [2.75, 3.05) is 19.7 Å². The molecule has 166 valence electrons. The zero-order valence-corrected chi connectivity index (χ0v) is 19.1. The van der Waals surface area contributed by atoms with E-state index in [-0.39, 0.29) is 17.9 Å². The van der Waals surface area contributed by atoms with Crippen molar-refractivity contribution >= 4 is 5.78 Å². The summed E-state index contributed by atoms with van der Waals surface area (Å²) in [6.45, 7) is 6.56. The summed E-state index contributed by atoms with van der Waals surface area (Å²) in [6.07, 6.45) is 8.13. The summed E-state index contributed by atoms with van der Waals surface area (Å²) in [5.74, 6) is 0.868. The number of pyridine rings is 1. The average Bonchev–Trinajstić information content (AvgIpc) is 3.22. The van der Waals surface area contributed by atoms with Gasteiger partial charge in [-0.1, -0.05) is 43.3 Å². The van der Waals surface area contributed by atoms with Crippen LogP contribution in [-0.4, -0.2) is 41.5 Å². The van der Waals surface area contributed by atoms with Crippen LogP contribution in [0.5, 0.6) is 0 Å². The maximum atomic E-state index is 12.3. The highest BCUT2D eigenvalue weighted by Crippen LogP contribution is 2.30. The Balaban J connectivity index is 1.19. The van der Waals surface area contributed by atoms with E-state index in [1.165, 1.54) is 29.8 Å². The van der Waals surface area contributed by atoms with Gasteiger partial charge in [-0.15, -0.1) is 0 Å². The van der Waals surface area contributed by atoms with E-state index in [2.05, 4.69) is 36.1 Å². The number of benzene rings is 1. The Morgan fingerprint density at radius 1 is 1.16 bits per heavy atom. The van der Waals surface area contributed by atoms with E-state index < -0.39 is 0 Å². The lowest BCUT2D eigenvalue weighted by Crippen LogP contribution is -2.32. The second kappa shape index (κ2) is 10.5. The molecule has 1 saturated heterocycles. The van der Waals surface area contributed by atoms with Crippen molar-refractivity contribution in [3.05, 3.63) is 65.0 Å². The molecule has 4 heteroatoms. The number of rotatable bonds is 9. The normalized spacial score (nSPS) is 22.3. The predicted molar refractivity (Wildman–Crippen MR) is 124 cm³/mol. The molecule has 0 radical (unpaired) electrons. The third kappa shape index (κ3) is 5.61. The van der Waals surface area contributed by atoms with Gasteiger partial charge in [-0.3, -0.25) is 14.7 Å². The van der Waals surface area contributed by atoms with Gasteiger partial charge in [-0.25, -0.2) is 0 Å². The highest BCUT2D eigenvalue weighted by molar-refractivity contribution is 5.83. The maximum Gasteiger partial charge on any atom is 0.151 e. The largest absolute Gasteiger partial charge is 0.377 e. The number of nitrogens with zero attached hydrogens (tertiary/aromatic N) is 2. The number of aromatic nitrogens is 1. The first-order valence-corrected chi connectivity index (χ1v) is 12.0. The average molecular weight is 421 g/mol. The minimum Gasteiger partial charge on any atom is -0.377 e. The lowest BCUT2D eigenvalue weighted by Gasteiger charge is -2.26. The summed E-state index contributed by atoms with van der Waals surface area (Å²) in [6, 6.07) is 14.5. The van der Waals surface area contributed by atoms with Gasteiger partial charge >= 0.3 is 0 Å². The Labute approximate surface area is 187 Å². The van der Waals surface area contributed by atoms with Crippen LogP contribution in [-0.2, 0) is 22.4 Å². The fourth-order valence-corrected chi connectivity index (χ4v) is 5.20. The number of aryl methyl sites for hydroxylation is 2. The lowest BCUT2D eigenvalue weighted by molar-refractivity contribution is -0.122. The van der Waals surface area contributed by atoms with Gasteiger partial charge in [-0.2, -0.15) is 0 Å². The quantitative estimate of drug-likeness (QED) is 0.519. The number of ether oxygens (including phenoxy) is 1. The van der Waals surface area contributed by atoms with E-state index in [4.69, 9.17) is 9.72 Å². The number of likely N-dealkylation sites (tertiary alicyclic amines) is 1. The molecule has 1 aromatic heterocycles. The van der Waals surface area contributed by atoms with E-state index in [1.54, 1.807) is 6.92 Å². The van der Waals surface area contributed by atoms with Gasteiger partial charge in [0.15, 0.2) is 5.78 Å². The zero-order valence-electron chi connectivity index (χ0n) is 19.1. The number of carbonyl (C=O) groups excluding carboxylic acids is 1. The van der Waals surface area contributed by atoms with Gasteiger partial charge in [0.2, 0.25) is 0 Å². The molecule has 2 heterocycles. The predicted octanol–water partition coefficient (Wildman–Crippen LogP) is 5.27. The maximum absolute atomic E-state index is 12.3. The Hall–Kier alpha value is -2.04. The monoisotopic (exact) mass is 420 g/mol. The van der Waals surface area contributed by atoms with Gasteiger partial charge in [0.1, 0.15) is 0 Å². The van der Waals surface area contributed by atoms with Gasteiger partial charge in [0.25, 0.3) is 0 Å². The van der Waals surface area contributed by atoms with Crippen LogP contribution in [0.25, 0.3) is 0 Å². The Bertz CT molecular complexity index is 867. The molecule has 3 atom stereocenters. The summed E-state index contributed by atoms with van der Waals surface area (Å²) in [5, 5.41) is 0. The van der Waals surface area contributed by atoms with Gasteiger partial charge in [0, 0.05) is 31.1 Å². The molecule has 0 amide bonds. The van der Waals surface area contributed by atoms with Crippen LogP contribution in [0.1, 0.15) is 80.4 Å². The molecule has 1 unspecified atom stereocenters. The van der Waals surface area contributed by atoms with E-state index >= 15 is 0 Å². The van der Waals surface area contributed by atoms with Crippen LogP contribution in [0.15, 0.2) is 42.5 Å². The molecule has 0 spiro atoms. The third-order valence-corrected chi connectivity index (χ3v) is 6.87. The highest BCUT2D eigenvalue weighted by atomic mass is 16.5. The first-order chi connectivity index (χ1) is 15.1. The molecule has 2 aliphatic rings. The Morgan fingerprint density at radius 3 is 2.81 bits per heavy atom. The number of hydrogen-bond acceptors (Lipinski definition) is 4. The van der Waals surface area contributed by atoms with Crippen LogP contribution in [0.3, 0.4) is 0 Å². The first-order valence-electron chi connectivity index (χ1n) is 12.0. The minimum atomic E-state index is -0.146. The topological polar surface area (TPSA) is 42.4 Å². The molecule has 2 aromatic rings. The van der Waals surface area contributed by atoms with Crippen LogP contribution < -0.4 is 0 Å². The summed E-state index contributed by atoms with van der Waals surface area (Å²) in [7, 11) is 0. The standard InChI is InChI=1S/C27H36N2O2/c1-20-9-8-13-26-25(20)15-14-23(28-26)12-6-7-18-31-24-16-17-29(19-24)27(21(2)30)22-10-4-3-5-11-22/h3-5,10-11,14-15,20,24,27H,6-9,12-13,16-19H2,1-2H3/t20?,24-,27+/m1/s1. The number of Topliss-reactive ketones (excluding diaryl/α,β-unsaturated/α-hetero) is 1. The molecule has 0 saturated carbocycles. The molecule has 1 aliphatic carbocycles. The molecule has 1 aromatic carbocycles. The lowest BCUT2D eigenvalue weighted by atomic mass is 9.87. The van der Waals surface area contributed by atoms with Crippen molar-refractivity contribution in [1.29, 1.82) is 0 Å². The summed E-state index contributed by atoms with van der Waals surface area (Å²) < 4.78 is 6.17. The molecular weight excluding hydrogens is 384 g/mol. The van der Waals surface area contributed by atoms with Gasteiger partial charge in [-0.05, 0) is 75.0 Å². The van der Waals surface area contributed by atoms with Crippen molar-refractivity contribution < 1.29 is 9.53 Å². The first kappa shape index (κ1) is 22.2. The number of unbranched alkanes of at least 4 members (excludes halogenated alkanes) is 1. The number of hydrogen-bond donors (Lipinski definition) is 0. The van der Waals surface area contributed by atoms with E-state index in [0.717, 1.165) is 57.4 Å². The van der Waals surface area contributed by atoms with E-state index in [1.807, 2.05) is 18.2 Å². The zero-order chi connectivity index (χ0) is 21.6. The molecule has 4 rings (SSSR count). The van der Waals surface area contributed by atoms with Gasteiger partial charge < -0.3 is 4.74 Å². The summed E-state index contributed by atoms with van der Waals surface area (Å²) in [4.78, 5) is 19.5. The SMILES string of the molecule is CC(=O)[C@@H](c1ccccc1)N1CC[C@@H](OCCCCc2ccc3c(n2)CCCC3C)C1. The van der Waals surface area contributed by atoms with Crippen LogP contribution in [0.2, 0.25) is 0 Å². The van der Waals surface area contributed by atoms with Gasteiger partial charge in [0.05, 0.1) is 12.1 Å². The van der Waals surface area contributed by atoms with Crippen LogP contribution in [0, 0.1) is 0 Å². The Morgan fingerprint density at radius 2 is 2.00 bits per heavy atom. The van der Waals surface area contributed by atoms with Crippen LogP contribution >= 0.6 is 0 Å². The van der Waals surface area contributed by atoms with Crippen molar-refractivity contribution in [2.45, 2.75) is 76.9 Å². The highest BCUT2D eigenvalue weighted by Gasteiger charge is 2.32. The molecule has 31 heavy (non-hydrogen) atoms. The fraction of sp³-hybridized carbons (Fsp3) is 0.556. The number of carbonyl (C=O) groups is 1. The smallest absolute Gasteiger partial charge is 0.151 e. The van der Waals surface area contributed by atoms with Crippen LogP contribution in [0.4, 0.5) is 0 Å². The van der Waals surface area contributed by atoms with Crippen molar-refractivity contribution in [3.8, 4) is 0 Å². The number of fused-ring (bicyclic) bond motifs is 1. The molecule has 1 aliphatic heterocycles. The molecular formula is C27H36N2O2. The molecule has 4 nitrogen and oxygen atoms in total. The minimum absolute atomic E-state index is 0.146. The molecule has 0 bridgehead atoms. The molecule has 0 N–H and O–H groups in total. The summed E-state index contributed by atoms with van der Waals surface area (Å²) in [5.41, 5.74) is 5.11. The Kier molecular flexibility index (Phi) is 7.52.